The first-order valence-electron chi connectivity index (χ1n) is 5.76. The van der Waals surface area contributed by atoms with Gasteiger partial charge in [0.05, 0.1) is 6.10 Å². The smallest absolute Gasteiger partial charge is 0.219 e. The minimum absolute atomic E-state index is 0.267. The van der Waals surface area contributed by atoms with Crippen LogP contribution in [0.5, 0.6) is 0 Å². The van der Waals surface area contributed by atoms with Crippen LogP contribution in [-0.4, -0.2) is 21.6 Å². The molecule has 0 unspecified atom stereocenters. The molecule has 5 nitrogen and oxygen atoms in total. The molecule has 1 heterocycles. The Morgan fingerprint density at radius 2 is 1.83 bits per heavy atom. The molecule has 0 amide bonds. The number of nitrogen functional groups attached to an aromatic ring is 1. The summed E-state index contributed by atoms with van der Waals surface area (Å²) in [6.45, 7) is 1.08. The highest BCUT2D eigenvalue weighted by molar-refractivity contribution is 5.18. The molecule has 4 N–H and O–H groups in total. The van der Waals surface area contributed by atoms with Crippen molar-refractivity contribution in [3.63, 3.8) is 0 Å². The molecule has 0 aliphatic rings. The Labute approximate surface area is 106 Å². The molecule has 18 heavy (non-hydrogen) atoms. The van der Waals surface area contributed by atoms with Gasteiger partial charge in [-0.25, -0.2) is 9.97 Å². The lowest BCUT2D eigenvalue weighted by Crippen LogP contribution is -2.21. The van der Waals surface area contributed by atoms with E-state index in [4.69, 9.17) is 5.73 Å². The standard InChI is InChI=1S/C13H16N4O/c14-13-16-7-10(8-17-13)6-15-9-12(18)11-4-2-1-3-5-11/h1-5,7-8,12,15,18H,6,9H2,(H2,14,16,17)/t12-/m1/s1. The van der Waals surface area contributed by atoms with Gasteiger partial charge >= 0.3 is 0 Å². The van der Waals surface area contributed by atoms with E-state index in [9.17, 15) is 5.11 Å². The Morgan fingerprint density at radius 3 is 2.50 bits per heavy atom. The monoisotopic (exact) mass is 244 g/mol. The molecule has 0 spiro atoms. The van der Waals surface area contributed by atoms with Crippen LogP contribution in [0.3, 0.4) is 0 Å². The molecular weight excluding hydrogens is 228 g/mol. The highest BCUT2D eigenvalue weighted by atomic mass is 16.3. The zero-order valence-electron chi connectivity index (χ0n) is 9.95. The van der Waals surface area contributed by atoms with Crippen LogP contribution in [0.15, 0.2) is 42.7 Å². The number of aliphatic hydroxyl groups excluding tert-OH is 1. The molecule has 2 aromatic rings. The van der Waals surface area contributed by atoms with Gasteiger partial charge in [-0.2, -0.15) is 0 Å². The van der Waals surface area contributed by atoms with Crippen molar-refractivity contribution in [1.29, 1.82) is 0 Å². The summed E-state index contributed by atoms with van der Waals surface area (Å²) in [7, 11) is 0. The molecule has 1 aromatic heterocycles. The maximum absolute atomic E-state index is 9.93. The normalized spacial score (nSPS) is 12.3. The number of nitrogens with zero attached hydrogens (tertiary/aromatic N) is 2. The number of benzene rings is 1. The largest absolute Gasteiger partial charge is 0.387 e. The second-order valence-corrected chi connectivity index (χ2v) is 4.01. The van der Waals surface area contributed by atoms with Crippen molar-refractivity contribution in [3.05, 3.63) is 53.9 Å². The van der Waals surface area contributed by atoms with E-state index in [-0.39, 0.29) is 5.95 Å². The average molecular weight is 244 g/mol. The fourth-order valence-corrected chi connectivity index (χ4v) is 1.60. The number of hydrogen-bond donors (Lipinski definition) is 3. The molecule has 0 fully saturated rings. The lowest BCUT2D eigenvalue weighted by atomic mass is 10.1. The Morgan fingerprint density at radius 1 is 1.17 bits per heavy atom. The Balaban J connectivity index is 1.80. The minimum atomic E-state index is -0.513. The highest BCUT2D eigenvalue weighted by Gasteiger charge is 2.05. The van der Waals surface area contributed by atoms with Gasteiger partial charge in [-0.05, 0) is 5.56 Å². The van der Waals surface area contributed by atoms with Gasteiger partial charge in [0, 0.05) is 31.0 Å². The third-order valence-electron chi connectivity index (χ3n) is 2.58. The Kier molecular flexibility index (Phi) is 4.22. The van der Waals surface area contributed by atoms with E-state index in [1.165, 1.54) is 0 Å². The van der Waals surface area contributed by atoms with Crippen LogP contribution < -0.4 is 11.1 Å². The van der Waals surface area contributed by atoms with Crippen molar-refractivity contribution >= 4 is 5.95 Å². The lowest BCUT2D eigenvalue weighted by molar-refractivity contribution is 0.174. The first kappa shape index (κ1) is 12.5. The summed E-state index contributed by atoms with van der Waals surface area (Å²) in [6, 6.07) is 9.55. The first-order valence-corrected chi connectivity index (χ1v) is 5.76. The summed E-state index contributed by atoms with van der Waals surface area (Å²) in [5.74, 6) is 0.267. The maximum atomic E-state index is 9.93. The van der Waals surface area contributed by atoms with Gasteiger partial charge in [0.2, 0.25) is 5.95 Å². The predicted octanol–water partition coefficient (Wildman–Crippen LogP) is 0.882. The zero-order chi connectivity index (χ0) is 12.8. The molecule has 0 aliphatic carbocycles. The fourth-order valence-electron chi connectivity index (χ4n) is 1.60. The van der Waals surface area contributed by atoms with Crippen LogP contribution in [0.4, 0.5) is 5.95 Å². The quantitative estimate of drug-likeness (QED) is 0.727. The van der Waals surface area contributed by atoms with Crippen LogP contribution in [0.25, 0.3) is 0 Å². The summed E-state index contributed by atoms with van der Waals surface area (Å²) < 4.78 is 0. The number of aliphatic hydroxyl groups is 1. The number of rotatable bonds is 5. The zero-order valence-corrected chi connectivity index (χ0v) is 9.95. The van der Waals surface area contributed by atoms with Crippen LogP contribution in [-0.2, 0) is 6.54 Å². The second-order valence-electron chi connectivity index (χ2n) is 4.01. The Hall–Kier alpha value is -1.98. The van der Waals surface area contributed by atoms with Crippen LogP contribution >= 0.6 is 0 Å². The van der Waals surface area contributed by atoms with Crippen molar-refractivity contribution in [3.8, 4) is 0 Å². The van der Waals surface area contributed by atoms with Gasteiger partial charge < -0.3 is 16.2 Å². The van der Waals surface area contributed by atoms with E-state index >= 15 is 0 Å². The van der Waals surface area contributed by atoms with Crippen LogP contribution in [0, 0.1) is 0 Å². The highest BCUT2D eigenvalue weighted by Crippen LogP contribution is 2.10. The fraction of sp³-hybridized carbons (Fsp3) is 0.231. The lowest BCUT2D eigenvalue weighted by Gasteiger charge is -2.11. The summed E-state index contributed by atoms with van der Waals surface area (Å²) in [5, 5.41) is 13.1. The third-order valence-corrected chi connectivity index (χ3v) is 2.58. The minimum Gasteiger partial charge on any atom is -0.387 e. The first-order chi connectivity index (χ1) is 8.75. The van der Waals surface area contributed by atoms with E-state index in [1.807, 2.05) is 30.3 Å². The van der Waals surface area contributed by atoms with Crippen molar-refractivity contribution in [2.75, 3.05) is 12.3 Å². The third kappa shape index (κ3) is 3.51. The second kappa shape index (κ2) is 6.09. The molecule has 0 aliphatic heterocycles. The van der Waals surface area contributed by atoms with E-state index in [2.05, 4.69) is 15.3 Å². The predicted molar refractivity (Wildman–Crippen MR) is 69.6 cm³/mol. The van der Waals surface area contributed by atoms with Crippen molar-refractivity contribution < 1.29 is 5.11 Å². The number of anilines is 1. The molecule has 0 radical (unpaired) electrons. The van der Waals surface area contributed by atoms with E-state index in [1.54, 1.807) is 12.4 Å². The van der Waals surface area contributed by atoms with Gasteiger partial charge in [0.15, 0.2) is 0 Å². The van der Waals surface area contributed by atoms with Gasteiger partial charge in [-0.1, -0.05) is 30.3 Å². The number of hydrogen-bond acceptors (Lipinski definition) is 5. The van der Waals surface area contributed by atoms with Gasteiger partial charge in [0.25, 0.3) is 0 Å². The molecular formula is C13H16N4O. The molecule has 0 bridgehead atoms. The molecule has 2 rings (SSSR count). The molecule has 1 atom stereocenters. The van der Waals surface area contributed by atoms with Gasteiger partial charge in [-0.15, -0.1) is 0 Å². The van der Waals surface area contributed by atoms with Crippen molar-refractivity contribution in [1.82, 2.24) is 15.3 Å². The molecule has 0 saturated carbocycles. The summed E-state index contributed by atoms with van der Waals surface area (Å²) in [5.41, 5.74) is 7.23. The maximum Gasteiger partial charge on any atom is 0.219 e. The summed E-state index contributed by atoms with van der Waals surface area (Å²) in [6.07, 6.45) is 2.83. The Bertz CT molecular complexity index is 472. The number of aromatic nitrogens is 2. The van der Waals surface area contributed by atoms with Crippen LogP contribution in [0.1, 0.15) is 17.2 Å². The van der Waals surface area contributed by atoms with E-state index < -0.39 is 6.10 Å². The van der Waals surface area contributed by atoms with Crippen LogP contribution in [0.2, 0.25) is 0 Å². The van der Waals surface area contributed by atoms with Gasteiger partial charge in [-0.3, -0.25) is 0 Å². The molecule has 5 heteroatoms. The van der Waals surface area contributed by atoms with Gasteiger partial charge in [0.1, 0.15) is 0 Å². The average Bonchev–Trinajstić information content (AvgIpc) is 2.42. The van der Waals surface area contributed by atoms with E-state index in [0.717, 1.165) is 11.1 Å². The SMILES string of the molecule is Nc1ncc(CNC[C@@H](O)c2ccccc2)cn1. The van der Waals surface area contributed by atoms with Crippen molar-refractivity contribution in [2.45, 2.75) is 12.6 Å². The summed E-state index contributed by atoms with van der Waals surface area (Å²) in [4.78, 5) is 7.80. The number of nitrogens with one attached hydrogen (secondary N) is 1. The van der Waals surface area contributed by atoms with Crippen molar-refractivity contribution in [2.24, 2.45) is 0 Å². The van der Waals surface area contributed by atoms with E-state index in [0.29, 0.717) is 13.1 Å². The molecule has 94 valence electrons. The number of nitrogens with two attached hydrogens (primary N) is 1. The molecule has 0 saturated heterocycles. The summed E-state index contributed by atoms with van der Waals surface area (Å²) >= 11 is 0. The topological polar surface area (TPSA) is 84.1 Å². The molecule has 1 aromatic carbocycles.